The monoisotopic (exact) mass is 229 g/mol. The van der Waals surface area contributed by atoms with Crippen LogP contribution in [0.4, 0.5) is 0 Å². The molecule has 3 unspecified atom stereocenters. The molecule has 0 aliphatic heterocycles. The van der Waals surface area contributed by atoms with Crippen LogP contribution in [0.15, 0.2) is 0 Å². The van der Waals surface area contributed by atoms with E-state index in [0.717, 1.165) is 11.8 Å². The third-order valence-corrected chi connectivity index (χ3v) is 4.62. The fraction of sp³-hybridized carbons (Fsp3) is 1.00. The van der Waals surface area contributed by atoms with E-state index in [1.807, 2.05) is 0 Å². The molecule has 1 saturated carbocycles. The fourth-order valence-corrected chi connectivity index (χ4v) is 3.52. The van der Waals surface area contributed by atoms with Crippen molar-refractivity contribution in [2.75, 3.05) is 11.5 Å². The van der Waals surface area contributed by atoms with Crippen molar-refractivity contribution in [1.29, 1.82) is 0 Å². The molecule has 0 amide bonds. The zero-order valence-corrected chi connectivity index (χ0v) is 11.2. The first-order valence-corrected chi connectivity index (χ1v) is 7.76. The summed E-state index contributed by atoms with van der Waals surface area (Å²) in [5.74, 6) is 4.36. The molecule has 0 aromatic carbocycles. The largest absolute Gasteiger partial charge is 0.327 e. The number of hydrogen-bond donors (Lipinski definition) is 1. The Kier molecular flexibility index (Phi) is 6.74. The molecule has 1 aliphatic carbocycles. The molecule has 90 valence electrons. The lowest BCUT2D eigenvalue weighted by molar-refractivity contribution is 0.218. The molecule has 2 N–H and O–H groups in total. The van der Waals surface area contributed by atoms with E-state index in [4.69, 9.17) is 5.73 Å². The molecule has 3 atom stereocenters. The summed E-state index contributed by atoms with van der Waals surface area (Å²) in [6, 6.07) is 0.496. The van der Waals surface area contributed by atoms with Gasteiger partial charge in [0.05, 0.1) is 0 Å². The molecule has 1 nitrogen and oxygen atoms in total. The minimum atomic E-state index is 0.496. The third kappa shape index (κ3) is 4.78. The zero-order chi connectivity index (χ0) is 11.1. The van der Waals surface area contributed by atoms with Gasteiger partial charge < -0.3 is 5.73 Å². The van der Waals surface area contributed by atoms with Crippen molar-refractivity contribution in [2.24, 2.45) is 17.6 Å². The molecule has 0 radical (unpaired) electrons. The third-order valence-electron chi connectivity index (χ3n) is 3.68. The maximum Gasteiger partial charge on any atom is 0.00676 e. The van der Waals surface area contributed by atoms with E-state index in [0.29, 0.717) is 6.04 Å². The van der Waals surface area contributed by atoms with Crippen molar-refractivity contribution in [3.05, 3.63) is 0 Å². The molecule has 1 aliphatic rings. The van der Waals surface area contributed by atoms with Crippen LogP contribution in [0.1, 0.15) is 52.4 Å². The summed E-state index contributed by atoms with van der Waals surface area (Å²) in [6.45, 7) is 4.54. The summed E-state index contributed by atoms with van der Waals surface area (Å²) in [5, 5.41) is 0. The molecular weight excluding hydrogens is 202 g/mol. The van der Waals surface area contributed by atoms with Crippen LogP contribution >= 0.6 is 11.8 Å². The molecule has 0 spiro atoms. The van der Waals surface area contributed by atoms with E-state index in [9.17, 15) is 0 Å². The van der Waals surface area contributed by atoms with Gasteiger partial charge in [-0.05, 0) is 49.0 Å². The molecule has 1 rings (SSSR count). The van der Waals surface area contributed by atoms with E-state index in [1.54, 1.807) is 0 Å². The summed E-state index contributed by atoms with van der Waals surface area (Å²) in [5.41, 5.74) is 6.21. The van der Waals surface area contributed by atoms with Crippen LogP contribution in [-0.4, -0.2) is 17.5 Å². The highest BCUT2D eigenvalue weighted by molar-refractivity contribution is 7.99. The fourth-order valence-electron chi connectivity index (χ4n) is 2.77. The van der Waals surface area contributed by atoms with Gasteiger partial charge in [0.2, 0.25) is 0 Å². The first-order chi connectivity index (χ1) is 7.27. The Bertz CT molecular complexity index is 161. The van der Waals surface area contributed by atoms with Gasteiger partial charge in [0, 0.05) is 6.04 Å². The van der Waals surface area contributed by atoms with Gasteiger partial charge in [-0.15, -0.1) is 0 Å². The molecule has 0 bridgehead atoms. The Balaban J connectivity index is 2.26. The average Bonchev–Trinajstić information content (AvgIpc) is 2.23. The summed E-state index contributed by atoms with van der Waals surface area (Å²) in [4.78, 5) is 0. The maximum absolute atomic E-state index is 6.21. The maximum atomic E-state index is 6.21. The van der Waals surface area contributed by atoms with Gasteiger partial charge in [0.25, 0.3) is 0 Å². The Labute approximate surface area is 99.6 Å². The molecular formula is C13H27NS. The summed E-state index contributed by atoms with van der Waals surface area (Å²) >= 11 is 2.06. The lowest BCUT2D eigenvalue weighted by Crippen LogP contribution is -2.36. The van der Waals surface area contributed by atoms with Crippen LogP contribution in [0.3, 0.4) is 0 Å². The SMILES string of the molecule is CCCC1CCC(N)C(CCSCC)C1. The van der Waals surface area contributed by atoms with Crippen LogP contribution in [-0.2, 0) is 0 Å². The molecule has 0 aromatic heterocycles. The zero-order valence-electron chi connectivity index (χ0n) is 10.4. The molecule has 2 heteroatoms. The van der Waals surface area contributed by atoms with E-state index in [-0.39, 0.29) is 0 Å². The second kappa shape index (κ2) is 7.56. The lowest BCUT2D eigenvalue weighted by atomic mass is 9.75. The van der Waals surface area contributed by atoms with Crippen LogP contribution in [0, 0.1) is 11.8 Å². The van der Waals surface area contributed by atoms with Gasteiger partial charge >= 0.3 is 0 Å². The highest BCUT2D eigenvalue weighted by atomic mass is 32.2. The van der Waals surface area contributed by atoms with Crippen molar-refractivity contribution in [3.8, 4) is 0 Å². The van der Waals surface area contributed by atoms with Gasteiger partial charge in [-0.25, -0.2) is 0 Å². The molecule has 1 fully saturated rings. The van der Waals surface area contributed by atoms with E-state index in [1.165, 1.54) is 50.0 Å². The van der Waals surface area contributed by atoms with Crippen LogP contribution in [0.2, 0.25) is 0 Å². The number of hydrogen-bond acceptors (Lipinski definition) is 2. The normalized spacial score (nSPS) is 31.8. The van der Waals surface area contributed by atoms with Crippen LogP contribution in [0.25, 0.3) is 0 Å². The van der Waals surface area contributed by atoms with Crippen molar-refractivity contribution in [1.82, 2.24) is 0 Å². The van der Waals surface area contributed by atoms with Crippen molar-refractivity contribution in [2.45, 2.75) is 58.4 Å². The lowest BCUT2D eigenvalue weighted by Gasteiger charge is -2.34. The first kappa shape index (κ1) is 13.4. The highest BCUT2D eigenvalue weighted by Gasteiger charge is 2.26. The minimum Gasteiger partial charge on any atom is -0.327 e. The van der Waals surface area contributed by atoms with Gasteiger partial charge in [0.15, 0.2) is 0 Å². The quantitative estimate of drug-likeness (QED) is 0.703. The Morgan fingerprint density at radius 2 is 2.00 bits per heavy atom. The number of nitrogens with two attached hydrogens (primary N) is 1. The molecule has 0 aromatic rings. The topological polar surface area (TPSA) is 26.0 Å². The van der Waals surface area contributed by atoms with Gasteiger partial charge in [0.1, 0.15) is 0 Å². The Morgan fingerprint density at radius 1 is 1.20 bits per heavy atom. The van der Waals surface area contributed by atoms with E-state index >= 15 is 0 Å². The summed E-state index contributed by atoms with van der Waals surface area (Å²) in [6.07, 6.45) is 8.16. The van der Waals surface area contributed by atoms with Gasteiger partial charge in [-0.2, -0.15) is 11.8 Å². The Hall–Kier alpha value is 0.310. The molecule has 15 heavy (non-hydrogen) atoms. The van der Waals surface area contributed by atoms with Gasteiger partial charge in [-0.1, -0.05) is 26.7 Å². The predicted octanol–water partition coefficient (Wildman–Crippen LogP) is 3.67. The van der Waals surface area contributed by atoms with Crippen molar-refractivity contribution < 1.29 is 0 Å². The van der Waals surface area contributed by atoms with Crippen LogP contribution in [0.5, 0.6) is 0 Å². The highest BCUT2D eigenvalue weighted by Crippen LogP contribution is 2.33. The van der Waals surface area contributed by atoms with Crippen molar-refractivity contribution in [3.63, 3.8) is 0 Å². The van der Waals surface area contributed by atoms with E-state index < -0.39 is 0 Å². The molecule has 0 saturated heterocycles. The van der Waals surface area contributed by atoms with Crippen LogP contribution < -0.4 is 5.73 Å². The minimum absolute atomic E-state index is 0.496. The summed E-state index contributed by atoms with van der Waals surface area (Å²) < 4.78 is 0. The predicted molar refractivity (Wildman–Crippen MR) is 71.3 cm³/mol. The second-order valence-corrected chi connectivity index (χ2v) is 6.27. The number of rotatable bonds is 6. The first-order valence-electron chi connectivity index (χ1n) is 6.61. The molecule has 0 heterocycles. The number of thioether (sulfide) groups is 1. The standard InChI is InChI=1S/C13H27NS/c1-3-5-11-6-7-13(14)12(10-11)8-9-15-4-2/h11-13H,3-10,14H2,1-2H3. The van der Waals surface area contributed by atoms with Crippen molar-refractivity contribution >= 4 is 11.8 Å². The average molecular weight is 229 g/mol. The van der Waals surface area contributed by atoms with Gasteiger partial charge in [-0.3, -0.25) is 0 Å². The second-order valence-electron chi connectivity index (χ2n) is 4.88. The van der Waals surface area contributed by atoms with E-state index in [2.05, 4.69) is 25.6 Å². The Morgan fingerprint density at radius 3 is 2.67 bits per heavy atom. The summed E-state index contributed by atoms with van der Waals surface area (Å²) in [7, 11) is 0. The smallest absolute Gasteiger partial charge is 0.00676 e.